The second-order valence-electron chi connectivity index (χ2n) is 4.66. The van der Waals surface area contributed by atoms with E-state index in [-0.39, 0.29) is 28.9 Å². The fourth-order valence-electron chi connectivity index (χ4n) is 2.13. The average molecular weight is 293 g/mol. The van der Waals surface area contributed by atoms with Crippen molar-refractivity contribution in [3.8, 4) is 0 Å². The highest BCUT2D eigenvalue weighted by Crippen LogP contribution is 2.27. The monoisotopic (exact) mass is 293 g/mol. The molecule has 8 heteroatoms. The molecule has 8 nitrogen and oxygen atoms in total. The van der Waals surface area contributed by atoms with Crippen LogP contribution in [0.25, 0.3) is 0 Å². The van der Waals surface area contributed by atoms with E-state index in [0.717, 1.165) is 0 Å². The predicted octanol–water partition coefficient (Wildman–Crippen LogP) is 1.07. The van der Waals surface area contributed by atoms with Gasteiger partial charge in [-0.3, -0.25) is 14.9 Å². The molecule has 0 spiro atoms. The molecule has 1 saturated heterocycles. The number of esters is 1. The molecule has 1 amide bonds. The van der Waals surface area contributed by atoms with Gasteiger partial charge in [-0.2, -0.15) is 0 Å². The molecule has 0 radical (unpaired) electrons. The van der Waals surface area contributed by atoms with Gasteiger partial charge < -0.3 is 15.4 Å². The van der Waals surface area contributed by atoms with Crippen LogP contribution in [0.3, 0.4) is 0 Å². The third kappa shape index (κ3) is 3.47. The minimum absolute atomic E-state index is 0.0362. The second-order valence-corrected chi connectivity index (χ2v) is 4.66. The van der Waals surface area contributed by atoms with Crippen LogP contribution in [0.4, 0.5) is 11.4 Å². The van der Waals surface area contributed by atoms with Gasteiger partial charge in [-0.15, -0.1) is 0 Å². The number of anilines is 1. The maximum Gasteiger partial charge on any atom is 0.337 e. The summed E-state index contributed by atoms with van der Waals surface area (Å²) < 4.78 is 4.60. The van der Waals surface area contributed by atoms with E-state index in [4.69, 9.17) is 0 Å². The summed E-state index contributed by atoms with van der Waals surface area (Å²) >= 11 is 0. The zero-order chi connectivity index (χ0) is 15.4. The zero-order valence-electron chi connectivity index (χ0n) is 11.4. The Morgan fingerprint density at radius 2 is 2.29 bits per heavy atom. The normalized spacial score (nSPS) is 17.8. The van der Waals surface area contributed by atoms with E-state index in [0.29, 0.717) is 19.4 Å². The number of methoxy groups -OCH3 is 1. The summed E-state index contributed by atoms with van der Waals surface area (Å²) in [5.74, 6) is -0.601. The number of nitro benzene ring substituents is 1. The summed E-state index contributed by atoms with van der Waals surface area (Å²) in [7, 11) is 1.24. The topological polar surface area (TPSA) is 111 Å². The molecule has 2 N–H and O–H groups in total. The third-order valence-corrected chi connectivity index (χ3v) is 3.24. The number of nitrogens with zero attached hydrogens (tertiary/aromatic N) is 1. The fourth-order valence-corrected chi connectivity index (χ4v) is 2.13. The standard InChI is InChI=1S/C13H15N3O5/c1-21-13(18)8-2-4-11(16(19)20)10(6-8)15-9-3-5-12(17)14-7-9/h2,4,6,9,15H,3,5,7H2,1H3,(H,14,17). The van der Waals surface area contributed by atoms with Crippen molar-refractivity contribution < 1.29 is 19.2 Å². The van der Waals surface area contributed by atoms with Crippen LogP contribution >= 0.6 is 0 Å². The number of amides is 1. The largest absolute Gasteiger partial charge is 0.465 e. The summed E-state index contributed by atoms with van der Waals surface area (Å²) in [6.45, 7) is 0.387. The van der Waals surface area contributed by atoms with Crippen LogP contribution in [0.15, 0.2) is 18.2 Å². The van der Waals surface area contributed by atoms with Gasteiger partial charge in [0.2, 0.25) is 5.91 Å². The summed E-state index contributed by atoms with van der Waals surface area (Å²) in [5, 5.41) is 16.7. The van der Waals surface area contributed by atoms with Crippen LogP contribution in [0.1, 0.15) is 23.2 Å². The molecule has 0 aliphatic carbocycles. The maximum absolute atomic E-state index is 11.5. The van der Waals surface area contributed by atoms with Crippen LogP contribution in [0.2, 0.25) is 0 Å². The number of hydrogen-bond acceptors (Lipinski definition) is 6. The lowest BCUT2D eigenvalue weighted by Gasteiger charge is -2.24. The van der Waals surface area contributed by atoms with Gasteiger partial charge in [0.05, 0.1) is 17.6 Å². The SMILES string of the molecule is COC(=O)c1ccc([N+](=O)[O-])c(NC2CCC(=O)NC2)c1. The van der Waals surface area contributed by atoms with E-state index >= 15 is 0 Å². The van der Waals surface area contributed by atoms with E-state index in [1.165, 1.54) is 25.3 Å². The number of nitro groups is 1. The number of benzene rings is 1. The van der Waals surface area contributed by atoms with Gasteiger partial charge in [0, 0.05) is 25.1 Å². The molecule has 1 atom stereocenters. The Bertz CT molecular complexity index is 577. The van der Waals surface area contributed by atoms with Crippen molar-refractivity contribution in [2.45, 2.75) is 18.9 Å². The van der Waals surface area contributed by atoms with Crippen molar-refractivity contribution in [3.05, 3.63) is 33.9 Å². The van der Waals surface area contributed by atoms with E-state index < -0.39 is 10.9 Å². The van der Waals surface area contributed by atoms with Gasteiger partial charge in [0.1, 0.15) is 5.69 Å². The summed E-state index contributed by atoms with van der Waals surface area (Å²) in [4.78, 5) is 33.1. The number of nitrogens with one attached hydrogen (secondary N) is 2. The fraction of sp³-hybridized carbons (Fsp3) is 0.385. The molecule has 1 aromatic carbocycles. The first kappa shape index (κ1) is 14.8. The van der Waals surface area contributed by atoms with Crippen LogP contribution in [0, 0.1) is 10.1 Å². The lowest BCUT2D eigenvalue weighted by Crippen LogP contribution is -2.42. The van der Waals surface area contributed by atoms with Crippen molar-refractivity contribution >= 4 is 23.3 Å². The lowest BCUT2D eigenvalue weighted by molar-refractivity contribution is -0.384. The molecule has 1 heterocycles. The number of ether oxygens (including phenoxy) is 1. The molecule has 2 rings (SSSR count). The van der Waals surface area contributed by atoms with Crippen molar-refractivity contribution in [3.63, 3.8) is 0 Å². The van der Waals surface area contributed by atoms with Gasteiger partial charge in [0.25, 0.3) is 5.69 Å². The first-order valence-electron chi connectivity index (χ1n) is 6.41. The average Bonchev–Trinajstić information content (AvgIpc) is 2.48. The highest BCUT2D eigenvalue weighted by molar-refractivity contribution is 5.91. The van der Waals surface area contributed by atoms with Gasteiger partial charge in [0.15, 0.2) is 0 Å². The van der Waals surface area contributed by atoms with E-state index in [9.17, 15) is 19.7 Å². The Morgan fingerprint density at radius 1 is 1.52 bits per heavy atom. The molecule has 0 aromatic heterocycles. The molecule has 1 unspecified atom stereocenters. The molecule has 1 fully saturated rings. The summed E-state index contributed by atoms with van der Waals surface area (Å²) in [6.07, 6.45) is 0.938. The summed E-state index contributed by atoms with van der Waals surface area (Å²) in [5.41, 5.74) is 0.342. The molecular weight excluding hydrogens is 278 g/mol. The molecule has 112 valence electrons. The Hall–Kier alpha value is -2.64. The number of carbonyl (C=O) groups excluding carboxylic acids is 2. The minimum Gasteiger partial charge on any atom is -0.465 e. The minimum atomic E-state index is -0.565. The number of hydrogen-bond donors (Lipinski definition) is 2. The predicted molar refractivity (Wildman–Crippen MR) is 74.1 cm³/mol. The van der Waals surface area contributed by atoms with Crippen molar-refractivity contribution in [1.29, 1.82) is 0 Å². The van der Waals surface area contributed by atoms with Gasteiger partial charge in [-0.05, 0) is 18.6 Å². The highest BCUT2D eigenvalue weighted by Gasteiger charge is 2.22. The lowest BCUT2D eigenvalue weighted by atomic mass is 10.1. The molecule has 21 heavy (non-hydrogen) atoms. The Kier molecular flexibility index (Phi) is 4.36. The highest BCUT2D eigenvalue weighted by atomic mass is 16.6. The molecule has 0 saturated carbocycles. The zero-order valence-corrected chi connectivity index (χ0v) is 11.4. The molecule has 0 bridgehead atoms. The smallest absolute Gasteiger partial charge is 0.337 e. The number of carbonyl (C=O) groups is 2. The van der Waals surface area contributed by atoms with Crippen LogP contribution in [-0.2, 0) is 9.53 Å². The Labute approximate surface area is 120 Å². The number of piperidine rings is 1. The van der Waals surface area contributed by atoms with Gasteiger partial charge >= 0.3 is 5.97 Å². The van der Waals surface area contributed by atoms with E-state index in [1.54, 1.807) is 0 Å². The van der Waals surface area contributed by atoms with E-state index in [1.807, 2.05) is 0 Å². The van der Waals surface area contributed by atoms with Crippen LogP contribution in [0.5, 0.6) is 0 Å². The first-order chi connectivity index (χ1) is 10.0. The van der Waals surface area contributed by atoms with E-state index in [2.05, 4.69) is 15.4 Å². The van der Waals surface area contributed by atoms with Crippen molar-refractivity contribution in [2.75, 3.05) is 19.0 Å². The van der Waals surface area contributed by atoms with Crippen LogP contribution in [-0.4, -0.2) is 36.5 Å². The molecule has 1 aromatic rings. The Balaban J connectivity index is 2.24. The maximum atomic E-state index is 11.5. The summed E-state index contributed by atoms with van der Waals surface area (Å²) in [6, 6.07) is 3.88. The van der Waals surface area contributed by atoms with Crippen molar-refractivity contribution in [2.24, 2.45) is 0 Å². The van der Waals surface area contributed by atoms with Gasteiger partial charge in [-0.25, -0.2) is 4.79 Å². The quantitative estimate of drug-likeness (QED) is 0.488. The third-order valence-electron chi connectivity index (χ3n) is 3.24. The first-order valence-corrected chi connectivity index (χ1v) is 6.41. The molecule has 1 aliphatic heterocycles. The van der Waals surface area contributed by atoms with Gasteiger partial charge in [-0.1, -0.05) is 0 Å². The number of rotatable bonds is 4. The molecule has 1 aliphatic rings. The molecular formula is C13H15N3O5. The van der Waals surface area contributed by atoms with Crippen LogP contribution < -0.4 is 10.6 Å². The second kappa shape index (κ2) is 6.21. The van der Waals surface area contributed by atoms with Crippen molar-refractivity contribution in [1.82, 2.24) is 5.32 Å². The Morgan fingerprint density at radius 3 is 2.86 bits per heavy atom.